The highest BCUT2D eigenvalue weighted by Gasteiger charge is 2.12. The van der Waals surface area contributed by atoms with E-state index in [1.165, 1.54) is 10.8 Å². The number of rotatable bonds is 1. The van der Waals surface area contributed by atoms with Gasteiger partial charge in [0.25, 0.3) is 0 Å². The highest BCUT2D eigenvalue weighted by molar-refractivity contribution is 6.45. The molecule has 0 nitrogen and oxygen atoms in total. The topological polar surface area (TPSA) is 0 Å². The van der Waals surface area contributed by atoms with Crippen LogP contribution in [0.1, 0.15) is 10.4 Å². The lowest BCUT2D eigenvalue weighted by Gasteiger charge is -2.11. The Morgan fingerprint density at radius 1 is 0.706 bits per heavy atom. The van der Waals surface area contributed by atoms with Gasteiger partial charge >= 0.3 is 0 Å². The molecule has 0 aliphatic rings. The van der Waals surface area contributed by atoms with Crippen molar-refractivity contribution < 1.29 is 0 Å². The normalized spacial score (nSPS) is 11.5. The Kier molecular flexibility index (Phi) is 2.70. The van der Waals surface area contributed by atoms with Crippen molar-refractivity contribution in [2.24, 2.45) is 0 Å². The summed E-state index contributed by atoms with van der Waals surface area (Å²) in [7, 11) is 0. The van der Waals surface area contributed by atoms with Gasteiger partial charge in [-0.1, -0.05) is 48.5 Å². The summed E-state index contributed by atoms with van der Waals surface area (Å²) in [6, 6.07) is 18.5. The van der Waals surface area contributed by atoms with Crippen LogP contribution in [0.2, 0.25) is 0 Å². The molecule has 17 heavy (non-hydrogen) atoms. The second kappa shape index (κ2) is 4.21. The second-order valence-electron chi connectivity index (χ2n) is 4.03. The predicted octanol–water partition coefficient (Wildman–Crippen LogP) is 5.47. The van der Waals surface area contributed by atoms with E-state index in [0.29, 0.717) is 0 Å². The molecule has 0 spiro atoms. The van der Waals surface area contributed by atoms with Gasteiger partial charge in [0.05, 0.1) is 0 Å². The summed E-state index contributed by atoms with van der Waals surface area (Å²) in [5.74, 6) is 0. The van der Waals surface area contributed by atoms with Gasteiger partial charge in [0.15, 0.2) is 0 Å². The minimum Gasteiger partial charge on any atom is -0.100 e. The van der Waals surface area contributed by atoms with Crippen molar-refractivity contribution in [2.75, 3.05) is 0 Å². The van der Waals surface area contributed by atoms with Gasteiger partial charge in [0.1, 0.15) is 4.84 Å². The molecule has 0 radical (unpaired) electrons. The molecule has 0 saturated heterocycles. The van der Waals surface area contributed by atoms with E-state index in [1.807, 2.05) is 24.3 Å². The van der Waals surface area contributed by atoms with E-state index in [-0.39, 0.29) is 0 Å². The second-order valence-corrected chi connectivity index (χ2v) is 5.13. The number of hydrogen-bond acceptors (Lipinski definition) is 0. The molecular weight excluding hydrogens is 251 g/mol. The molecule has 3 aromatic rings. The fourth-order valence-corrected chi connectivity index (χ4v) is 2.75. The van der Waals surface area contributed by atoms with Crippen LogP contribution in [0.4, 0.5) is 0 Å². The van der Waals surface area contributed by atoms with Gasteiger partial charge < -0.3 is 0 Å². The molecule has 84 valence electrons. The monoisotopic (exact) mass is 260 g/mol. The summed E-state index contributed by atoms with van der Waals surface area (Å²) < 4.78 is 0. The Bertz CT molecular complexity index is 633. The van der Waals surface area contributed by atoms with Crippen molar-refractivity contribution in [2.45, 2.75) is 4.84 Å². The van der Waals surface area contributed by atoms with Crippen LogP contribution in [-0.2, 0) is 0 Å². The fraction of sp³-hybridized carbons (Fsp3) is 0.0667. The van der Waals surface area contributed by atoms with Crippen molar-refractivity contribution >= 4 is 44.7 Å². The summed E-state index contributed by atoms with van der Waals surface area (Å²) in [5, 5.41) is 4.60. The average Bonchev–Trinajstić information content (AvgIpc) is 2.35. The summed E-state index contributed by atoms with van der Waals surface area (Å²) in [5.41, 5.74) is 1.00. The van der Waals surface area contributed by atoms with Gasteiger partial charge in [-0.25, -0.2) is 0 Å². The van der Waals surface area contributed by atoms with E-state index in [0.717, 1.165) is 16.3 Å². The molecule has 2 heteroatoms. The molecule has 3 rings (SSSR count). The van der Waals surface area contributed by atoms with Crippen molar-refractivity contribution in [1.82, 2.24) is 0 Å². The summed E-state index contributed by atoms with van der Waals surface area (Å²) in [4.78, 5) is -0.508. The first-order chi connectivity index (χ1) is 8.27. The Labute approximate surface area is 110 Å². The van der Waals surface area contributed by atoms with Gasteiger partial charge in [-0.3, -0.25) is 0 Å². The zero-order valence-electron chi connectivity index (χ0n) is 9.03. The van der Waals surface area contributed by atoms with Crippen LogP contribution in [0.25, 0.3) is 21.5 Å². The van der Waals surface area contributed by atoms with Crippen LogP contribution >= 0.6 is 23.2 Å². The van der Waals surface area contributed by atoms with Crippen LogP contribution in [0.5, 0.6) is 0 Å². The summed E-state index contributed by atoms with van der Waals surface area (Å²) in [6.07, 6.45) is 0. The Balaban J connectivity index is 2.56. The van der Waals surface area contributed by atoms with Gasteiger partial charge in [-0.15, -0.1) is 23.2 Å². The Morgan fingerprint density at radius 3 is 1.65 bits per heavy atom. The summed E-state index contributed by atoms with van der Waals surface area (Å²) >= 11 is 12.3. The standard InChI is InChI=1S/C15H10Cl2/c16-15(17)14-12-7-3-1-5-10(12)9-11-6-2-4-8-13(11)14/h1-9,15H. The van der Waals surface area contributed by atoms with Gasteiger partial charge in [0, 0.05) is 5.56 Å². The third kappa shape index (κ3) is 1.78. The lowest BCUT2D eigenvalue weighted by Crippen LogP contribution is -1.88. The van der Waals surface area contributed by atoms with Crippen LogP contribution in [0.3, 0.4) is 0 Å². The first kappa shape index (κ1) is 10.9. The van der Waals surface area contributed by atoms with Crippen molar-refractivity contribution in [1.29, 1.82) is 0 Å². The number of fused-ring (bicyclic) bond motifs is 2. The highest BCUT2D eigenvalue weighted by Crippen LogP contribution is 2.37. The van der Waals surface area contributed by atoms with Crippen molar-refractivity contribution in [3.63, 3.8) is 0 Å². The van der Waals surface area contributed by atoms with Gasteiger partial charge in [-0.05, 0) is 27.6 Å². The first-order valence-electron chi connectivity index (χ1n) is 5.46. The maximum atomic E-state index is 6.13. The number of alkyl halides is 2. The molecule has 0 amide bonds. The molecule has 0 N–H and O–H groups in total. The molecule has 0 bridgehead atoms. The molecule has 3 aromatic carbocycles. The van der Waals surface area contributed by atoms with E-state index in [1.54, 1.807) is 0 Å². The molecule has 0 aliphatic heterocycles. The maximum Gasteiger partial charge on any atom is 0.134 e. The first-order valence-corrected chi connectivity index (χ1v) is 6.33. The smallest absolute Gasteiger partial charge is 0.100 e. The molecule has 0 saturated carbocycles. The fourth-order valence-electron chi connectivity index (χ4n) is 2.28. The average molecular weight is 261 g/mol. The molecule has 0 aromatic heterocycles. The van der Waals surface area contributed by atoms with E-state index < -0.39 is 4.84 Å². The zero-order chi connectivity index (χ0) is 11.8. The minimum absolute atomic E-state index is 0.508. The van der Waals surface area contributed by atoms with E-state index in [9.17, 15) is 0 Å². The molecular formula is C15H10Cl2. The number of hydrogen-bond donors (Lipinski definition) is 0. The third-order valence-electron chi connectivity index (χ3n) is 3.03. The van der Waals surface area contributed by atoms with Crippen LogP contribution < -0.4 is 0 Å². The van der Waals surface area contributed by atoms with Gasteiger partial charge in [-0.2, -0.15) is 0 Å². The van der Waals surface area contributed by atoms with Gasteiger partial charge in [0.2, 0.25) is 0 Å². The van der Waals surface area contributed by atoms with Crippen molar-refractivity contribution in [3.8, 4) is 0 Å². The van der Waals surface area contributed by atoms with Crippen LogP contribution in [-0.4, -0.2) is 0 Å². The molecule has 0 fully saturated rings. The molecule has 0 unspecified atom stereocenters. The molecule has 0 heterocycles. The quantitative estimate of drug-likeness (QED) is 0.402. The summed E-state index contributed by atoms with van der Waals surface area (Å²) in [6.45, 7) is 0. The van der Waals surface area contributed by atoms with Crippen LogP contribution in [0.15, 0.2) is 54.6 Å². The zero-order valence-corrected chi connectivity index (χ0v) is 10.5. The minimum atomic E-state index is -0.508. The lowest BCUT2D eigenvalue weighted by atomic mass is 9.98. The third-order valence-corrected chi connectivity index (χ3v) is 3.47. The van der Waals surface area contributed by atoms with E-state index >= 15 is 0 Å². The van der Waals surface area contributed by atoms with Crippen LogP contribution in [0, 0.1) is 0 Å². The SMILES string of the molecule is ClC(Cl)c1c2ccccc2cc2ccccc12. The Morgan fingerprint density at radius 2 is 1.18 bits per heavy atom. The molecule has 0 aliphatic carbocycles. The maximum absolute atomic E-state index is 6.13. The van der Waals surface area contributed by atoms with Crippen molar-refractivity contribution in [3.05, 3.63) is 60.2 Å². The predicted molar refractivity (Wildman–Crippen MR) is 75.9 cm³/mol. The van der Waals surface area contributed by atoms with E-state index in [4.69, 9.17) is 23.2 Å². The lowest BCUT2D eigenvalue weighted by molar-refractivity contribution is 1.43. The van der Waals surface area contributed by atoms with E-state index in [2.05, 4.69) is 30.3 Å². The largest absolute Gasteiger partial charge is 0.134 e. The Hall–Kier alpha value is -1.24. The molecule has 0 atom stereocenters. The number of halogens is 2. The highest BCUT2D eigenvalue weighted by atomic mass is 35.5. The number of benzene rings is 3.